The van der Waals surface area contributed by atoms with Gasteiger partial charge in [-0.15, -0.1) is 16.2 Å². The zero-order valence-corrected chi connectivity index (χ0v) is 16.5. The van der Waals surface area contributed by atoms with Crippen LogP contribution in [0.3, 0.4) is 0 Å². The molecule has 0 aliphatic carbocycles. The Labute approximate surface area is 165 Å². The molecule has 0 bridgehead atoms. The number of nitroso groups, excluding NO2 is 1. The number of thiazole rings is 1. The second-order valence-corrected chi connectivity index (χ2v) is 7.50. The van der Waals surface area contributed by atoms with Crippen molar-refractivity contribution in [2.75, 3.05) is 13.1 Å². The fourth-order valence-electron chi connectivity index (χ4n) is 3.28. The summed E-state index contributed by atoms with van der Waals surface area (Å²) < 4.78 is 6.71. The molecule has 2 aromatic carbocycles. The highest BCUT2D eigenvalue weighted by atomic mass is 32.1. The van der Waals surface area contributed by atoms with Crippen LogP contribution in [0.5, 0.6) is 0 Å². The third kappa shape index (κ3) is 3.23. The first-order chi connectivity index (χ1) is 13.6. The molecule has 0 radical (unpaired) electrons. The molecule has 2 heterocycles. The Bertz CT molecular complexity index is 1190. The number of hydrogen-bond donors (Lipinski definition) is 0. The maximum Gasteiger partial charge on any atom is 0.346 e. The van der Waals surface area contributed by atoms with E-state index in [9.17, 15) is 9.70 Å². The minimum absolute atomic E-state index is 0.301. The van der Waals surface area contributed by atoms with Crippen LogP contribution in [-0.2, 0) is 6.54 Å². The Morgan fingerprint density at radius 1 is 1.14 bits per heavy atom. The summed E-state index contributed by atoms with van der Waals surface area (Å²) >= 11 is 1.45. The monoisotopic (exact) mass is 393 g/mol. The van der Waals surface area contributed by atoms with E-state index in [1.54, 1.807) is 18.2 Å². The number of fused-ring (bicyclic) bond motifs is 2. The minimum atomic E-state index is -0.463. The molecule has 4 aromatic rings. The summed E-state index contributed by atoms with van der Waals surface area (Å²) in [5.41, 5.74) is 2.17. The fraction of sp³-hybridized carbons (Fsp3) is 0.238. The van der Waals surface area contributed by atoms with Crippen molar-refractivity contribution in [3.63, 3.8) is 0 Å². The van der Waals surface area contributed by atoms with E-state index in [4.69, 9.17) is 4.42 Å². The van der Waals surface area contributed by atoms with Crippen molar-refractivity contribution in [1.29, 1.82) is 0 Å². The van der Waals surface area contributed by atoms with Gasteiger partial charge < -0.3 is 4.42 Å². The first-order valence-corrected chi connectivity index (χ1v) is 9.97. The van der Waals surface area contributed by atoms with Crippen LogP contribution < -0.4 is 5.63 Å². The van der Waals surface area contributed by atoms with Gasteiger partial charge in [-0.1, -0.05) is 26.0 Å². The lowest BCUT2D eigenvalue weighted by molar-refractivity contribution is 0.296. The summed E-state index contributed by atoms with van der Waals surface area (Å²) in [7, 11) is 0. The van der Waals surface area contributed by atoms with Crippen LogP contribution in [0.1, 0.15) is 19.4 Å². The standard InChI is InChI=1S/C21H19N3O3S/c1-3-24(4-2)12-15-16(23-26)10-9-13-11-14(21(25)27-19(13)15)20-22-17-7-5-6-8-18(17)28-20/h5-11H,3-4,12H2,1-2H3. The lowest BCUT2D eigenvalue weighted by atomic mass is 10.1. The number of nitrogens with zero attached hydrogens (tertiary/aromatic N) is 3. The molecule has 28 heavy (non-hydrogen) atoms. The van der Waals surface area contributed by atoms with Crippen LogP contribution in [0.25, 0.3) is 31.8 Å². The average Bonchev–Trinajstić information content (AvgIpc) is 3.15. The van der Waals surface area contributed by atoms with Crippen LogP contribution in [-0.4, -0.2) is 23.0 Å². The van der Waals surface area contributed by atoms with Gasteiger partial charge in [-0.05, 0) is 48.6 Å². The van der Waals surface area contributed by atoms with Crippen LogP contribution in [0, 0.1) is 4.91 Å². The molecule has 0 saturated heterocycles. The first kappa shape index (κ1) is 18.5. The van der Waals surface area contributed by atoms with Gasteiger partial charge in [-0.2, -0.15) is 0 Å². The zero-order chi connectivity index (χ0) is 19.7. The van der Waals surface area contributed by atoms with Gasteiger partial charge in [0.15, 0.2) is 0 Å². The van der Waals surface area contributed by atoms with Crippen molar-refractivity contribution in [2.24, 2.45) is 5.18 Å². The van der Waals surface area contributed by atoms with Crippen LogP contribution in [0.2, 0.25) is 0 Å². The topological polar surface area (TPSA) is 75.8 Å². The quantitative estimate of drug-likeness (QED) is 0.328. The number of rotatable bonds is 6. The predicted octanol–water partition coefficient (Wildman–Crippen LogP) is 5.31. The Morgan fingerprint density at radius 2 is 1.93 bits per heavy atom. The number of aromatic nitrogens is 1. The maximum atomic E-state index is 12.8. The molecule has 0 atom stereocenters. The molecule has 7 heteroatoms. The normalized spacial score (nSPS) is 11.5. The van der Waals surface area contributed by atoms with Crippen molar-refractivity contribution in [3.8, 4) is 10.6 Å². The molecule has 0 unspecified atom stereocenters. The molecule has 0 spiro atoms. The van der Waals surface area contributed by atoms with Gasteiger partial charge in [0.25, 0.3) is 0 Å². The van der Waals surface area contributed by atoms with E-state index in [0.29, 0.717) is 33.9 Å². The third-order valence-corrected chi connectivity index (χ3v) is 5.95. The maximum absolute atomic E-state index is 12.8. The Balaban J connectivity index is 1.89. The summed E-state index contributed by atoms with van der Waals surface area (Å²) in [6.07, 6.45) is 0. The Hall–Kier alpha value is -2.90. The fourth-order valence-corrected chi connectivity index (χ4v) is 4.25. The molecule has 0 aliphatic rings. The van der Waals surface area contributed by atoms with Crippen LogP contribution in [0.4, 0.5) is 5.69 Å². The molecule has 142 valence electrons. The van der Waals surface area contributed by atoms with Gasteiger partial charge in [0.2, 0.25) is 0 Å². The van der Waals surface area contributed by atoms with Gasteiger partial charge in [-0.25, -0.2) is 9.78 Å². The number of benzene rings is 2. The highest BCUT2D eigenvalue weighted by Crippen LogP contribution is 2.33. The average molecular weight is 393 g/mol. The van der Waals surface area contributed by atoms with Crippen molar-refractivity contribution in [2.45, 2.75) is 20.4 Å². The van der Waals surface area contributed by atoms with Crippen molar-refractivity contribution in [1.82, 2.24) is 9.88 Å². The highest BCUT2D eigenvalue weighted by molar-refractivity contribution is 7.21. The highest BCUT2D eigenvalue weighted by Gasteiger charge is 2.18. The van der Waals surface area contributed by atoms with Gasteiger partial charge in [-0.3, -0.25) is 4.90 Å². The van der Waals surface area contributed by atoms with Crippen molar-refractivity contribution in [3.05, 3.63) is 63.4 Å². The van der Waals surface area contributed by atoms with Crippen LogP contribution >= 0.6 is 11.3 Å². The summed E-state index contributed by atoms with van der Waals surface area (Å²) in [6.45, 7) is 6.22. The Kier molecular flexibility index (Phi) is 5.02. The second-order valence-electron chi connectivity index (χ2n) is 6.47. The SMILES string of the molecule is CCN(CC)Cc1c(N=O)ccc2cc(-c3nc4ccccc4s3)c(=O)oc12. The number of hydrogen-bond acceptors (Lipinski definition) is 7. The van der Waals surface area contributed by atoms with Crippen molar-refractivity contribution < 1.29 is 4.42 Å². The van der Waals surface area contributed by atoms with Crippen LogP contribution in [0.15, 0.2) is 56.9 Å². The van der Waals surface area contributed by atoms with E-state index in [0.717, 1.165) is 28.7 Å². The smallest absolute Gasteiger partial charge is 0.346 e. The van der Waals surface area contributed by atoms with Gasteiger partial charge in [0.1, 0.15) is 16.3 Å². The zero-order valence-electron chi connectivity index (χ0n) is 15.6. The molecular weight excluding hydrogens is 374 g/mol. The predicted molar refractivity (Wildman–Crippen MR) is 113 cm³/mol. The van der Waals surface area contributed by atoms with E-state index in [1.165, 1.54) is 11.3 Å². The van der Waals surface area contributed by atoms with E-state index in [-0.39, 0.29) is 0 Å². The molecule has 6 nitrogen and oxygen atoms in total. The summed E-state index contributed by atoms with van der Waals surface area (Å²) in [6, 6.07) is 13.0. The molecule has 0 amide bonds. The van der Waals surface area contributed by atoms with E-state index in [2.05, 4.69) is 15.1 Å². The van der Waals surface area contributed by atoms with Gasteiger partial charge >= 0.3 is 5.63 Å². The lowest BCUT2D eigenvalue weighted by Crippen LogP contribution is -2.22. The Morgan fingerprint density at radius 3 is 2.64 bits per heavy atom. The molecular formula is C21H19N3O3S. The second kappa shape index (κ2) is 7.61. The molecule has 2 aromatic heterocycles. The van der Waals surface area contributed by atoms with Gasteiger partial charge in [0, 0.05) is 17.5 Å². The molecule has 0 aliphatic heterocycles. The lowest BCUT2D eigenvalue weighted by Gasteiger charge is -2.19. The van der Waals surface area contributed by atoms with E-state index >= 15 is 0 Å². The molecule has 0 N–H and O–H groups in total. The minimum Gasteiger partial charge on any atom is -0.422 e. The third-order valence-electron chi connectivity index (χ3n) is 4.88. The molecule has 0 fully saturated rings. The summed E-state index contributed by atoms with van der Waals surface area (Å²) in [5, 5.41) is 4.51. The van der Waals surface area contributed by atoms with Gasteiger partial charge in [0.05, 0.1) is 15.8 Å². The molecule has 0 saturated carbocycles. The van der Waals surface area contributed by atoms with E-state index < -0.39 is 5.63 Å². The number of para-hydroxylation sites is 1. The summed E-state index contributed by atoms with van der Waals surface area (Å²) in [5.74, 6) is 0. The first-order valence-electron chi connectivity index (χ1n) is 9.16. The summed E-state index contributed by atoms with van der Waals surface area (Å²) in [4.78, 5) is 30.8. The largest absolute Gasteiger partial charge is 0.422 e. The van der Waals surface area contributed by atoms with Crippen molar-refractivity contribution >= 4 is 38.2 Å². The van der Waals surface area contributed by atoms with E-state index in [1.807, 2.05) is 38.1 Å². The molecule has 4 rings (SSSR count).